The van der Waals surface area contributed by atoms with Crippen LogP contribution < -0.4 is 5.73 Å². The van der Waals surface area contributed by atoms with Crippen molar-refractivity contribution in [3.63, 3.8) is 0 Å². The highest BCUT2D eigenvalue weighted by atomic mass is 32.1. The predicted octanol–water partition coefficient (Wildman–Crippen LogP) is 2.75. The van der Waals surface area contributed by atoms with E-state index in [2.05, 4.69) is 19.9 Å². The molecule has 1 nitrogen and oxygen atoms in total. The molecule has 0 saturated heterocycles. The molecular formula is C11H17NS. The number of hydrogen-bond acceptors (Lipinski definition) is 2. The first kappa shape index (κ1) is 9.22. The van der Waals surface area contributed by atoms with Crippen molar-refractivity contribution < 1.29 is 0 Å². The molecule has 1 aromatic heterocycles. The van der Waals surface area contributed by atoms with Crippen LogP contribution in [0.2, 0.25) is 0 Å². The van der Waals surface area contributed by atoms with Crippen molar-refractivity contribution in [1.29, 1.82) is 0 Å². The monoisotopic (exact) mass is 195 g/mol. The molecule has 1 aromatic rings. The third kappa shape index (κ3) is 1.32. The standard InChI is InChI=1S/C11H17NS/c1-8-6-10(9(2)13-8)11(7-12)4-3-5-11/h6H,3-5,7,12H2,1-2H3. The molecule has 0 aliphatic heterocycles. The normalized spacial score (nSPS) is 19.9. The van der Waals surface area contributed by atoms with E-state index in [0.717, 1.165) is 6.54 Å². The van der Waals surface area contributed by atoms with Crippen LogP contribution in [0.4, 0.5) is 0 Å². The Morgan fingerprint density at radius 2 is 2.15 bits per heavy atom. The minimum Gasteiger partial charge on any atom is -0.330 e. The first-order valence-electron chi connectivity index (χ1n) is 4.95. The van der Waals surface area contributed by atoms with Gasteiger partial charge in [-0.2, -0.15) is 0 Å². The average Bonchev–Trinajstić information content (AvgIpc) is 2.30. The van der Waals surface area contributed by atoms with Crippen molar-refractivity contribution in [1.82, 2.24) is 0 Å². The van der Waals surface area contributed by atoms with Crippen LogP contribution in [-0.4, -0.2) is 6.54 Å². The second-order valence-corrected chi connectivity index (χ2v) is 5.63. The van der Waals surface area contributed by atoms with Gasteiger partial charge in [0.05, 0.1) is 0 Å². The summed E-state index contributed by atoms with van der Waals surface area (Å²) in [7, 11) is 0. The van der Waals surface area contributed by atoms with Crippen LogP contribution in [0, 0.1) is 13.8 Å². The summed E-state index contributed by atoms with van der Waals surface area (Å²) < 4.78 is 0. The number of nitrogens with two attached hydrogens (primary N) is 1. The molecule has 0 spiro atoms. The lowest BCUT2D eigenvalue weighted by Gasteiger charge is -2.41. The van der Waals surface area contributed by atoms with Gasteiger partial charge in [-0.15, -0.1) is 11.3 Å². The van der Waals surface area contributed by atoms with E-state index >= 15 is 0 Å². The maximum atomic E-state index is 5.88. The molecule has 2 rings (SSSR count). The molecule has 0 bridgehead atoms. The second kappa shape index (κ2) is 3.10. The van der Waals surface area contributed by atoms with Crippen LogP contribution in [0.15, 0.2) is 6.07 Å². The van der Waals surface area contributed by atoms with Crippen LogP contribution in [0.1, 0.15) is 34.6 Å². The summed E-state index contributed by atoms with van der Waals surface area (Å²) in [5.74, 6) is 0. The van der Waals surface area contributed by atoms with Crippen molar-refractivity contribution in [3.8, 4) is 0 Å². The largest absolute Gasteiger partial charge is 0.330 e. The molecule has 72 valence electrons. The summed E-state index contributed by atoms with van der Waals surface area (Å²) in [6.07, 6.45) is 3.94. The van der Waals surface area contributed by atoms with Crippen LogP contribution in [-0.2, 0) is 5.41 Å². The van der Waals surface area contributed by atoms with E-state index in [0.29, 0.717) is 5.41 Å². The molecular weight excluding hydrogens is 178 g/mol. The average molecular weight is 195 g/mol. The molecule has 0 amide bonds. The molecule has 2 N–H and O–H groups in total. The fraction of sp³-hybridized carbons (Fsp3) is 0.636. The number of hydrogen-bond donors (Lipinski definition) is 1. The lowest BCUT2D eigenvalue weighted by Crippen LogP contribution is -2.41. The van der Waals surface area contributed by atoms with Crippen LogP contribution >= 0.6 is 11.3 Å². The second-order valence-electron chi connectivity index (χ2n) is 4.16. The topological polar surface area (TPSA) is 26.0 Å². The Labute approximate surface area is 84.0 Å². The zero-order chi connectivity index (χ0) is 9.47. The summed E-state index contributed by atoms with van der Waals surface area (Å²) in [4.78, 5) is 2.90. The third-order valence-electron chi connectivity index (χ3n) is 3.31. The Bertz CT molecular complexity index is 304. The van der Waals surface area contributed by atoms with Gasteiger partial charge in [0.15, 0.2) is 0 Å². The smallest absolute Gasteiger partial charge is 0.00865 e. The highest BCUT2D eigenvalue weighted by Gasteiger charge is 2.38. The minimum absolute atomic E-state index is 0.356. The van der Waals surface area contributed by atoms with Gasteiger partial charge < -0.3 is 5.73 Å². The molecule has 0 atom stereocenters. The Morgan fingerprint density at radius 3 is 2.46 bits per heavy atom. The van der Waals surface area contributed by atoms with Gasteiger partial charge in [0.1, 0.15) is 0 Å². The summed E-state index contributed by atoms with van der Waals surface area (Å²) in [6.45, 7) is 5.23. The predicted molar refractivity (Wildman–Crippen MR) is 58.4 cm³/mol. The third-order valence-corrected chi connectivity index (χ3v) is 4.28. The summed E-state index contributed by atoms with van der Waals surface area (Å²) in [5.41, 5.74) is 7.77. The van der Waals surface area contributed by atoms with E-state index in [4.69, 9.17) is 5.73 Å². The van der Waals surface area contributed by atoms with Crippen molar-refractivity contribution >= 4 is 11.3 Å². The zero-order valence-electron chi connectivity index (χ0n) is 8.39. The van der Waals surface area contributed by atoms with Crippen molar-refractivity contribution in [2.24, 2.45) is 5.73 Å². The molecule has 1 saturated carbocycles. The molecule has 2 heteroatoms. The summed E-state index contributed by atoms with van der Waals surface area (Å²) >= 11 is 1.91. The van der Waals surface area contributed by atoms with E-state index in [-0.39, 0.29) is 0 Å². The van der Waals surface area contributed by atoms with E-state index in [1.807, 2.05) is 11.3 Å². The Morgan fingerprint density at radius 1 is 1.46 bits per heavy atom. The molecule has 1 aliphatic carbocycles. The molecule has 0 radical (unpaired) electrons. The molecule has 0 unspecified atom stereocenters. The highest BCUT2D eigenvalue weighted by molar-refractivity contribution is 7.12. The maximum absolute atomic E-state index is 5.88. The quantitative estimate of drug-likeness (QED) is 0.771. The van der Waals surface area contributed by atoms with Crippen LogP contribution in [0.25, 0.3) is 0 Å². The van der Waals surface area contributed by atoms with Crippen LogP contribution in [0.3, 0.4) is 0 Å². The van der Waals surface area contributed by atoms with E-state index in [1.165, 1.54) is 34.6 Å². The van der Waals surface area contributed by atoms with Crippen LogP contribution in [0.5, 0.6) is 0 Å². The number of thiophene rings is 1. The maximum Gasteiger partial charge on any atom is 0.00865 e. The van der Waals surface area contributed by atoms with Gasteiger partial charge >= 0.3 is 0 Å². The van der Waals surface area contributed by atoms with E-state index < -0.39 is 0 Å². The minimum atomic E-state index is 0.356. The van der Waals surface area contributed by atoms with Gasteiger partial charge in [0, 0.05) is 21.7 Å². The molecule has 0 aromatic carbocycles. The van der Waals surface area contributed by atoms with E-state index in [9.17, 15) is 0 Å². The first-order chi connectivity index (χ1) is 6.18. The van der Waals surface area contributed by atoms with E-state index in [1.54, 1.807) is 0 Å². The number of rotatable bonds is 2. The van der Waals surface area contributed by atoms with Gasteiger partial charge in [-0.1, -0.05) is 6.42 Å². The van der Waals surface area contributed by atoms with Gasteiger partial charge in [0.2, 0.25) is 0 Å². The fourth-order valence-electron chi connectivity index (χ4n) is 2.34. The first-order valence-corrected chi connectivity index (χ1v) is 5.77. The fourth-order valence-corrected chi connectivity index (χ4v) is 3.39. The summed E-state index contributed by atoms with van der Waals surface area (Å²) in [5, 5.41) is 0. The Balaban J connectivity index is 2.37. The van der Waals surface area contributed by atoms with Gasteiger partial charge in [-0.3, -0.25) is 0 Å². The lowest BCUT2D eigenvalue weighted by atomic mass is 9.64. The molecule has 1 aliphatic rings. The summed E-state index contributed by atoms with van der Waals surface area (Å²) in [6, 6.07) is 2.34. The highest BCUT2D eigenvalue weighted by Crippen LogP contribution is 2.45. The van der Waals surface area contributed by atoms with Gasteiger partial charge in [-0.05, 0) is 38.3 Å². The number of aryl methyl sites for hydroxylation is 2. The Kier molecular flexibility index (Phi) is 2.20. The van der Waals surface area contributed by atoms with Crippen molar-refractivity contribution in [2.45, 2.75) is 38.5 Å². The van der Waals surface area contributed by atoms with Gasteiger partial charge in [0.25, 0.3) is 0 Å². The molecule has 13 heavy (non-hydrogen) atoms. The molecule has 1 fully saturated rings. The molecule has 1 heterocycles. The van der Waals surface area contributed by atoms with Crippen molar-refractivity contribution in [3.05, 3.63) is 21.4 Å². The van der Waals surface area contributed by atoms with Crippen molar-refractivity contribution in [2.75, 3.05) is 6.54 Å². The zero-order valence-corrected chi connectivity index (χ0v) is 9.21. The lowest BCUT2D eigenvalue weighted by molar-refractivity contribution is 0.253. The SMILES string of the molecule is Cc1cc(C2(CN)CCC2)c(C)s1. The van der Waals surface area contributed by atoms with Gasteiger partial charge in [-0.25, -0.2) is 0 Å². The Hall–Kier alpha value is -0.340.